The largest absolute Gasteiger partial charge is 0.354 e. The molecule has 0 aromatic heterocycles. The van der Waals surface area contributed by atoms with Gasteiger partial charge in [0.25, 0.3) is 0 Å². The number of amides is 3. The molecule has 0 spiro atoms. The van der Waals surface area contributed by atoms with Crippen LogP contribution in [0.1, 0.15) is 44.1 Å². The molecule has 5 heteroatoms. The van der Waals surface area contributed by atoms with Crippen LogP contribution in [0.15, 0.2) is 30.3 Å². The van der Waals surface area contributed by atoms with Crippen LogP contribution >= 0.6 is 0 Å². The maximum Gasteiger partial charge on any atom is 0.318 e. The van der Waals surface area contributed by atoms with Crippen molar-refractivity contribution in [3.8, 4) is 0 Å². The number of hydrogen-bond acceptors (Lipinski definition) is 2. The highest BCUT2D eigenvalue weighted by molar-refractivity contribution is 5.88. The number of nitrogens with one attached hydrogen (secondary N) is 2. The summed E-state index contributed by atoms with van der Waals surface area (Å²) in [7, 11) is 0. The summed E-state index contributed by atoms with van der Waals surface area (Å²) in [5, 5.41) is 5.72. The van der Waals surface area contributed by atoms with E-state index < -0.39 is 0 Å². The van der Waals surface area contributed by atoms with E-state index in [0.717, 1.165) is 19.3 Å². The SMILES string of the molecule is O=C1NCC[C@@H]1NC(=O)N(CCc1ccccc1)C1CCCCC1. The van der Waals surface area contributed by atoms with Crippen molar-refractivity contribution in [3.63, 3.8) is 0 Å². The van der Waals surface area contributed by atoms with E-state index in [9.17, 15) is 9.59 Å². The van der Waals surface area contributed by atoms with Gasteiger partial charge in [0.2, 0.25) is 5.91 Å². The number of urea groups is 1. The molecule has 0 bridgehead atoms. The normalized spacial score (nSPS) is 21.3. The van der Waals surface area contributed by atoms with Crippen LogP contribution in [0, 0.1) is 0 Å². The van der Waals surface area contributed by atoms with Gasteiger partial charge >= 0.3 is 6.03 Å². The lowest BCUT2D eigenvalue weighted by atomic mass is 9.94. The van der Waals surface area contributed by atoms with Crippen LogP contribution in [0.4, 0.5) is 4.79 Å². The fourth-order valence-electron chi connectivity index (χ4n) is 3.70. The summed E-state index contributed by atoms with van der Waals surface area (Å²) in [4.78, 5) is 26.5. The summed E-state index contributed by atoms with van der Waals surface area (Å²) in [6, 6.07) is 10.1. The van der Waals surface area contributed by atoms with E-state index in [1.54, 1.807) is 0 Å². The molecule has 1 aromatic rings. The third-order valence-corrected chi connectivity index (χ3v) is 5.11. The minimum absolute atomic E-state index is 0.0602. The number of benzene rings is 1. The molecule has 0 radical (unpaired) electrons. The summed E-state index contributed by atoms with van der Waals surface area (Å²) in [6.45, 7) is 1.35. The van der Waals surface area contributed by atoms with E-state index >= 15 is 0 Å². The van der Waals surface area contributed by atoms with Gasteiger partial charge in [-0.25, -0.2) is 4.79 Å². The molecule has 3 amide bonds. The average molecular weight is 329 g/mol. The smallest absolute Gasteiger partial charge is 0.318 e. The Morgan fingerprint density at radius 2 is 1.88 bits per heavy atom. The minimum Gasteiger partial charge on any atom is -0.354 e. The Morgan fingerprint density at radius 3 is 2.54 bits per heavy atom. The molecule has 2 fully saturated rings. The van der Waals surface area contributed by atoms with Crippen molar-refractivity contribution in [2.45, 2.75) is 57.0 Å². The van der Waals surface area contributed by atoms with Gasteiger partial charge in [0, 0.05) is 19.1 Å². The minimum atomic E-state index is -0.375. The fourth-order valence-corrected chi connectivity index (χ4v) is 3.70. The molecule has 1 aliphatic carbocycles. The predicted octanol–water partition coefficient (Wildman–Crippen LogP) is 2.46. The van der Waals surface area contributed by atoms with Gasteiger partial charge in [0.15, 0.2) is 0 Å². The van der Waals surface area contributed by atoms with Crippen LogP contribution in [0.3, 0.4) is 0 Å². The van der Waals surface area contributed by atoms with Crippen molar-refractivity contribution < 1.29 is 9.59 Å². The number of nitrogens with zero attached hydrogens (tertiary/aromatic N) is 1. The van der Waals surface area contributed by atoms with Gasteiger partial charge in [0.05, 0.1) is 0 Å². The molecule has 3 rings (SSSR count). The summed E-state index contributed by atoms with van der Waals surface area (Å²) < 4.78 is 0. The Bertz CT molecular complexity index is 555. The molecule has 1 saturated carbocycles. The molecule has 24 heavy (non-hydrogen) atoms. The fraction of sp³-hybridized carbons (Fsp3) is 0.579. The zero-order valence-corrected chi connectivity index (χ0v) is 14.2. The number of hydrogen-bond donors (Lipinski definition) is 2. The zero-order chi connectivity index (χ0) is 16.8. The van der Waals surface area contributed by atoms with E-state index in [4.69, 9.17) is 0 Å². The van der Waals surface area contributed by atoms with E-state index in [-0.39, 0.29) is 18.0 Å². The summed E-state index contributed by atoms with van der Waals surface area (Å²) in [5.74, 6) is -0.0602. The second-order valence-corrected chi connectivity index (χ2v) is 6.80. The summed E-state index contributed by atoms with van der Waals surface area (Å²) in [5.41, 5.74) is 1.24. The Kier molecular flexibility index (Phi) is 5.72. The Hall–Kier alpha value is -2.04. The quantitative estimate of drug-likeness (QED) is 0.872. The van der Waals surface area contributed by atoms with Gasteiger partial charge in [0.1, 0.15) is 6.04 Å². The van der Waals surface area contributed by atoms with Gasteiger partial charge in [-0.2, -0.15) is 0 Å². The molecular weight excluding hydrogens is 302 g/mol. The molecule has 1 saturated heterocycles. The predicted molar refractivity (Wildman–Crippen MR) is 93.7 cm³/mol. The van der Waals surface area contributed by atoms with Gasteiger partial charge in [-0.3, -0.25) is 4.79 Å². The molecule has 0 unspecified atom stereocenters. The summed E-state index contributed by atoms with van der Waals surface area (Å²) in [6.07, 6.45) is 7.30. The summed E-state index contributed by atoms with van der Waals surface area (Å²) >= 11 is 0. The first kappa shape index (κ1) is 16.8. The average Bonchev–Trinajstić information content (AvgIpc) is 3.02. The third kappa shape index (κ3) is 4.28. The number of carbonyl (C=O) groups is 2. The number of rotatable bonds is 5. The second kappa shape index (κ2) is 8.18. The van der Waals surface area contributed by atoms with Gasteiger partial charge in [-0.15, -0.1) is 0 Å². The van der Waals surface area contributed by atoms with E-state index in [2.05, 4.69) is 22.8 Å². The monoisotopic (exact) mass is 329 g/mol. The van der Waals surface area contributed by atoms with Crippen LogP contribution in [0.2, 0.25) is 0 Å². The molecule has 2 N–H and O–H groups in total. The standard InChI is InChI=1S/C19H27N3O2/c23-18-17(11-13-20-18)21-19(24)22(16-9-5-2-6-10-16)14-12-15-7-3-1-4-8-15/h1,3-4,7-8,16-17H,2,5-6,9-14H2,(H,20,23)(H,21,24)/t17-/m0/s1. The first-order valence-corrected chi connectivity index (χ1v) is 9.13. The Morgan fingerprint density at radius 1 is 1.12 bits per heavy atom. The van der Waals surface area contributed by atoms with Crippen LogP contribution in [0.5, 0.6) is 0 Å². The molecule has 1 aromatic carbocycles. The van der Waals surface area contributed by atoms with Crippen LogP contribution in [-0.4, -0.2) is 42.0 Å². The molecular formula is C19H27N3O2. The van der Waals surface area contributed by atoms with Crippen molar-refractivity contribution in [1.29, 1.82) is 0 Å². The van der Waals surface area contributed by atoms with Gasteiger partial charge in [-0.1, -0.05) is 49.6 Å². The van der Waals surface area contributed by atoms with Crippen molar-refractivity contribution in [3.05, 3.63) is 35.9 Å². The highest BCUT2D eigenvalue weighted by Crippen LogP contribution is 2.23. The maximum absolute atomic E-state index is 12.8. The molecule has 130 valence electrons. The van der Waals surface area contributed by atoms with Crippen molar-refractivity contribution in [2.75, 3.05) is 13.1 Å². The van der Waals surface area contributed by atoms with Crippen LogP contribution in [0.25, 0.3) is 0 Å². The molecule has 5 nitrogen and oxygen atoms in total. The van der Waals surface area contributed by atoms with E-state index in [1.165, 1.54) is 24.8 Å². The Balaban J connectivity index is 1.64. The topological polar surface area (TPSA) is 61.4 Å². The zero-order valence-electron chi connectivity index (χ0n) is 14.2. The Labute approximate surface area is 143 Å². The molecule has 1 heterocycles. The van der Waals surface area contributed by atoms with Crippen LogP contribution in [-0.2, 0) is 11.2 Å². The molecule has 1 aliphatic heterocycles. The first-order valence-electron chi connectivity index (χ1n) is 9.13. The van der Waals surface area contributed by atoms with Crippen molar-refractivity contribution in [2.24, 2.45) is 0 Å². The van der Waals surface area contributed by atoms with E-state index in [1.807, 2.05) is 23.1 Å². The second-order valence-electron chi connectivity index (χ2n) is 6.80. The lowest BCUT2D eigenvalue weighted by Crippen LogP contribution is -2.52. The maximum atomic E-state index is 12.8. The highest BCUT2D eigenvalue weighted by Gasteiger charge is 2.30. The van der Waals surface area contributed by atoms with Gasteiger partial charge < -0.3 is 15.5 Å². The number of carbonyl (C=O) groups excluding carboxylic acids is 2. The van der Waals surface area contributed by atoms with Crippen molar-refractivity contribution in [1.82, 2.24) is 15.5 Å². The van der Waals surface area contributed by atoms with Crippen molar-refractivity contribution >= 4 is 11.9 Å². The van der Waals surface area contributed by atoms with Crippen LogP contribution < -0.4 is 10.6 Å². The third-order valence-electron chi connectivity index (χ3n) is 5.11. The highest BCUT2D eigenvalue weighted by atomic mass is 16.2. The lowest BCUT2D eigenvalue weighted by Gasteiger charge is -2.35. The molecule has 1 atom stereocenters. The van der Waals surface area contributed by atoms with E-state index in [0.29, 0.717) is 25.6 Å². The molecule has 2 aliphatic rings. The first-order chi connectivity index (χ1) is 11.7. The lowest BCUT2D eigenvalue weighted by molar-refractivity contribution is -0.120. The van der Waals surface area contributed by atoms with Gasteiger partial charge in [-0.05, 0) is 31.2 Å².